The van der Waals surface area contributed by atoms with E-state index in [1.807, 2.05) is 27.9 Å². The quantitative estimate of drug-likeness (QED) is 0.382. The summed E-state index contributed by atoms with van der Waals surface area (Å²) >= 11 is 3.50. The van der Waals surface area contributed by atoms with E-state index in [-0.39, 0.29) is 24.0 Å². The molecule has 24 heavy (non-hydrogen) atoms. The van der Waals surface area contributed by atoms with Crippen LogP contribution in [0.15, 0.2) is 26.3 Å². The lowest BCUT2D eigenvalue weighted by atomic mass is 10.1. The first-order chi connectivity index (χ1) is 10.9. The van der Waals surface area contributed by atoms with E-state index in [0.29, 0.717) is 0 Å². The van der Waals surface area contributed by atoms with E-state index < -0.39 is 0 Å². The van der Waals surface area contributed by atoms with Gasteiger partial charge in [-0.3, -0.25) is 4.99 Å². The number of nitrogens with zero attached hydrogens (tertiary/aromatic N) is 4. The highest BCUT2D eigenvalue weighted by Gasteiger charge is 2.11. The Morgan fingerprint density at radius 3 is 2.67 bits per heavy atom. The van der Waals surface area contributed by atoms with Crippen LogP contribution in [-0.2, 0) is 20.0 Å². The van der Waals surface area contributed by atoms with Gasteiger partial charge < -0.3 is 19.3 Å². The largest absolute Gasteiger partial charge is 0.361 e. The van der Waals surface area contributed by atoms with Gasteiger partial charge >= 0.3 is 0 Å². The lowest BCUT2D eigenvalue weighted by Gasteiger charge is -2.22. The predicted octanol–water partition coefficient (Wildman–Crippen LogP) is 3.26. The second kappa shape index (κ2) is 9.45. The van der Waals surface area contributed by atoms with Crippen LogP contribution < -0.4 is 5.32 Å². The van der Waals surface area contributed by atoms with E-state index >= 15 is 0 Å². The van der Waals surface area contributed by atoms with Crippen LogP contribution in [-0.4, -0.2) is 41.2 Å². The molecule has 6 nitrogen and oxygen atoms in total. The Balaban J connectivity index is 0.00000288. The molecule has 2 aromatic heterocycles. The highest BCUT2D eigenvalue weighted by molar-refractivity contribution is 14.0. The van der Waals surface area contributed by atoms with E-state index in [1.165, 1.54) is 11.3 Å². The van der Waals surface area contributed by atoms with Gasteiger partial charge in [0, 0.05) is 49.6 Å². The number of nitrogens with one attached hydrogen (secondary N) is 1. The number of aryl methyl sites for hydroxylation is 3. The summed E-state index contributed by atoms with van der Waals surface area (Å²) in [7, 11) is 5.88. The van der Waals surface area contributed by atoms with Gasteiger partial charge in [0.25, 0.3) is 0 Å². The zero-order valence-corrected chi connectivity index (χ0v) is 18.7. The molecule has 134 valence electrons. The van der Waals surface area contributed by atoms with Gasteiger partial charge in [0.1, 0.15) is 5.76 Å². The third-order valence-electron chi connectivity index (χ3n) is 3.89. The number of aromatic nitrogens is 2. The van der Waals surface area contributed by atoms with Crippen molar-refractivity contribution in [2.45, 2.75) is 26.8 Å². The van der Waals surface area contributed by atoms with Crippen molar-refractivity contribution in [3.05, 3.63) is 39.4 Å². The Labute approximate surface area is 168 Å². The molecule has 0 atom stereocenters. The Kier molecular flexibility index (Phi) is 8.28. The molecule has 1 N–H and O–H groups in total. The van der Waals surface area contributed by atoms with Crippen molar-refractivity contribution in [3.8, 4) is 0 Å². The van der Waals surface area contributed by atoms with Gasteiger partial charge in [-0.25, -0.2) is 0 Å². The van der Waals surface area contributed by atoms with E-state index in [0.717, 1.165) is 41.4 Å². The number of hydrogen-bond donors (Lipinski definition) is 1. The zero-order chi connectivity index (χ0) is 17.0. The third-order valence-corrected chi connectivity index (χ3v) is 4.32. The first-order valence-electron chi connectivity index (χ1n) is 7.56. The summed E-state index contributed by atoms with van der Waals surface area (Å²) in [5.41, 5.74) is 3.34. The summed E-state index contributed by atoms with van der Waals surface area (Å²) in [6.45, 7) is 5.49. The third kappa shape index (κ3) is 5.23. The lowest BCUT2D eigenvalue weighted by Crippen LogP contribution is -2.39. The maximum Gasteiger partial charge on any atom is 0.193 e. The highest BCUT2D eigenvalue weighted by Crippen LogP contribution is 2.15. The molecule has 0 saturated carbocycles. The topological polar surface area (TPSA) is 58.6 Å². The average Bonchev–Trinajstić information content (AvgIpc) is 2.98. The molecule has 0 spiro atoms. The summed E-state index contributed by atoms with van der Waals surface area (Å²) in [6.07, 6.45) is 2.92. The molecule has 0 amide bonds. The first-order valence-corrected chi connectivity index (χ1v) is 8.36. The SMILES string of the molecule is CN=C(NCCc1c(C)noc1C)N(C)Cc1cc(Br)cn1C.I. The van der Waals surface area contributed by atoms with Gasteiger partial charge in [0.15, 0.2) is 5.96 Å². The van der Waals surface area contributed by atoms with Gasteiger partial charge in [-0.1, -0.05) is 5.16 Å². The monoisotopic (exact) mass is 509 g/mol. The molecule has 2 rings (SSSR count). The van der Waals surface area contributed by atoms with Gasteiger partial charge in [-0.2, -0.15) is 0 Å². The van der Waals surface area contributed by atoms with Crippen molar-refractivity contribution in [2.24, 2.45) is 12.0 Å². The molecule has 0 saturated heterocycles. The highest BCUT2D eigenvalue weighted by atomic mass is 127. The number of aliphatic imine (C=N–C) groups is 1. The van der Waals surface area contributed by atoms with Crippen molar-refractivity contribution >= 4 is 45.9 Å². The molecule has 0 bridgehead atoms. The summed E-state index contributed by atoms with van der Waals surface area (Å²) < 4.78 is 8.39. The van der Waals surface area contributed by atoms with Crippen LogP contribution in [0.5, 0.6) is 0 Å². The fraction of sp³-hybridized carbons (Fsp3) is 0.500. The summed E-state index contributed by atoms with van der Waals surface area (Å²) in [4.78, 5) is 6.46. The predicted molar refractivity (Wildman–Crippen MR) is 111 cm³/mol. The minimum absolute atomic E-state index is 0. The molecular weight excluding hydrogens is 485 g/mol. The van der Waals surface area contributed by atoms with Crippen LogP contribution in [0.4, 0.5) is 0 Å². The Morgan fingerprint density at radius 1 is 1.46 bits per heavy atom. The van der Waals surface area contributed by atoms with Crippen LogP contribution in [0.1, 0.15) is 22.7 Å². The Morgan fingerprint density at radius 2 is 2.17 bits per heavy atom. The molecular formula is C16H25BrIN5O. The second-order valence-electron chi connectivity index (χ2n) is 5.64. The average molecular weight is 510 g/mol. The molecule has 0 aliphatic carbocycles. The molecule has 8 heteroatoms. The molecule has 0 unspecified atom stereocenters. The van der Waals surface area contributed by atoms with Crippen LogP contribution in [0.2, 0.25) is 0 Å². The second-order valence-corrected chi connectivity index (χ2v) is 6.56. The minimum Gasteiger partial charge on any atom is -0.361 e. The van der Waals surface area contributed by atoms with Gasteiger partial charge in [-0.05, 0) is 42.3 Å². The van der Waals surface area contributed by atoms with E-state index in [1.54, 1.807) is 7.05 Å². The molecule has 2 aromatic rings. The van der Waals surface area contributed by atoms with E-state index in [9.17, 15) is 0 Å². The van der Waals surface area contributed by atoms with Gasteiger partial charge in [0.05, 0.1) is 12.2 Å². The zero-order valence-electron chi connectivity index (χ0n) is 14.8. The minimum atomic E-state index is 0. The normalized spacial score (nSPS) is 11.3. The van der Waals surface area contributed by atoms with Crippen molar-refractivity contribution in [3.63, 3.8) is 0 Å². The molecule has 0 radical (unpaired) electrons. The summed E-state index contributed by atoms with van der Waals surface area (Å²) in [6, 6.07) is 2.12. The van der Waals surface area contributed by atoms with Crippen LogP contribution in [0, 0.1) is 13.8 Å². The molecule has 0 aliphatic heterocycles. The maximum atomic E-state index is 5.20. The van der Waals surface area contributed by atoms with Crippen LogP contribution in [0.25, 0.3) is 0 Å². The van der Waals surface area contributed by atoms with Crippen molar-refractivity contribution in [2.75, 3.05) is 20.6 Å². The number of rotatable bonds is 5. The fourth-order valence-electron chi connectivity index (χ4n) is 2.58. The van der Waals surface area contributed by atoms with E-state index in [2.05, 4.69) is 53.1 Å². The first kappa shape index (κ1) is 21.0. The molecule has 0 fully saturated rings. The number of guanidine groups is 1. The molecule has 0 aliphatic rings. The lowest BCUT2D eigenvalue weighted by molar-refractivity contribution is 0.392. The van der Waals surface area contributed by atoms with Crippen molar-refractivity contribution in [1.82, 2.24) is 19.9 Å². The maximum absolute atomic E-state index is 5.20. The van der Waals surface area contributed by atoms with Gasteiger partial charge in [0.2, 0.25) is 0 Å². The number of halogens is 2. The fourth-order valence-corrected chi connectivity index (χ4v) is 3.16. The van der Waals surface area contributed by atoms with E-state index in [4.69, 9.17) is 4.52 Å². The van der Waals surface area contributed by atoms with Crippen molar-refractivity contribution in [1.29, 1.82) is 0 Å². The Bertz CT molecular complexity index is 675. The molecule has 0 aromatic carbocycles. The number of hydrogen-bond acceptors (Lipinski definition) is 3. The van der Waals surface area contributed by atoms with Crippen molar-refractivity contribution < 1.29 is 4.52 Å². The van der Waals surface area contributed by atoms with Crippen LogP contribution >= 0.6 is 39.9 Å². The summed E-state index contributed by atoms with van der Waals surface area (Å²) in [5, 5.41) is 7.38. The van der Waals surface area contributed by atoms with Crippen LogP contribution in [0.3, 0.4) is 0 Å². The molecule has 2 heterocycles. The Hall–Kier alpha value is -1.03. The van der Waals surface area contributed by atoms with Gasteiger partial charge in [-0.15, -0.1) is 24.0 Å². The standard InChI is InChI=1S/C16H24BrN5O.HI/c1-11-15(12(2)23-20-11)6-7-19-16(18-3)22(5)10-14-8-13(17)9-21(14)4;/h8-9H,6-7,10H2,1-5H3,(H,18,19);1H. The smallest absolute Gasteiger partial charge is 0.193 e. The summed E-state index contributed by atoms with van der Waals surface area (Å²) in [5.74, 6) is 1.76.